The third-order valence-electron chi connectivity index (χ3n) is 4.32. The molecule has 4 heterocycles. The first-order valence-electron chi connectivity index (χ1n) is 8.43. The van der Waals surface area contributed by atoms with Gasteiger partial charge in [-0.05, 0) is 30.7 Å². The Morgan fingerprint density at radius 3 is 2.65 bits per heavy atom. The molecule has 0 aromatic carbocycles. The Labute approximate surface area is 150 Å². The summed E-state index contributed by atoms with van der Waals surface area (Å²) in [6, 6.07) is 8.02. The number of aryl methyl sites for hydroxylation is 1. The summed E-state index contributed by atoms with van der Waals surface area (Å²) in [6.45, 7) is 2.04. The first-order chi connectivity index (χ1) is 12.7. The lowest BCUT2D eigenvalue weighted by Gasteiger charge is -2.05. The molecule has 7 heteroatoms. The fourth-order valence-corrected chi connectivity index (χ4v) is 2.92. The molecule has 4 N–H and O–H groups in total. The molecule has 0 radical (unpaired) electrons. The Morgan fingerprint density at radius 1 is 1.08 bits per heavy atom. The van der Waals surface area contributed by atoms with Crippen molar-refractivity contribution in [3.8, 4) is 22.4 Å². The van der Waals surface area contributed by atoms with Gasteiger partial charge in [0.2, 0.25) is 5.95 Å². The van der Waals surface area contributed by atoms with Crippen LogP contribution in [0.15, 0.2) is 42.9 Å². The molecule has 26 heavy (non-hydrogen) atoms. The highest BCUT2D eigenvalue weighted by molar-refractivity contribution is 5.95. The molecule has 0 unspecified atom stereocenters. The summed E-state index contributed by atoms with van der Waals surface area (Å²) in [5.41, 5.74) is 11.3. The number of hydrogen-bond donors (Lipinski definition) is 3. The number of nitrogens with one attached hydrogen (secondary N) is 2. The van der Waals surface area contributed by atoms with Crippen molar-refractivity contribution in [1.82, 2.24) is 24.9 Å². The van der Waals surface area contributed by atoms with E-state index in [2.05, 4.69) is 36.3 Å². The first kappa shape index (κ1) is 16.0. The number of nitrogens with two attached hydrogens (primary N) is 1. The average Bonchev–Trinajstić information content (AvgIpc) is 3.10. The van der Waals surface area contributed by atoms with E-state index in [4.69, 9.17) is 5.73 Å². The predicted octanol–water partition coefficient (Wildman–Crippen LogP) is 3.27. The highest BCUT2D eigenvalue weighted by atomic mass is 15.0. The third-order valence-corrected chi connectivity index (χ3v) is 4.32. The number of pyridine rings is 2. The average molecular weight is 345 g/mol. The Hall–Kier alpha value is -3.48. The second-order valence-corrected chi connectivity index (χ2v) is 5.96. The zero-order valence-electron chi connectivity index (χ0n) is 14.6. The van der Waals surface area contributed by atoms with E-state index in [0.29, 0.717) is 0 Å². The van der Waals surface area contributed by atoms with Gasteiger partial charge in [0.05, 0.1) is 5.69 Å². The molecule has 0 fully saturated rings. The van der Waals surface area contributed by atoms with E-state index < -0.39 is 0 Å². The highest BCUT2D eigenvalue weighted by Crippen LogP contribution is 2.30. The minimum absolute atomic E-state index is 0.282. The van der Waals surface area contributed by atoms with Crippen molar-refractivity contribution >= 4 is 22.8 Å². The van der Waals surface area contributed by atoms with Crippen molar-refractivity contribution in [2.24, 2.45) is 0 Å². The fourth-order valence-electron chi connectivity index (χ4n) is 2.92. The smallest absolute Gasteiger partial charge is 0.220 e. The van der Waals surface area contributed by atoms with Crippen molar-refractivity contribution in [1.29, 1.82) is 0 Å². The second-order valence-electron chi connectivity index (χ2n) is 5.96. The van der Waals surface area contributed by atoms with Crippen molar-refractivity contribution in [2.75, 3.05) is 18.1 Å². The molecule has 0 aliphatic carbocycles. The monoisotopic (exact) mass is 345 g/mol. The van der Waals surface area contributed by atoms with Crippen molar-refractivity contribution in [3.63, 3.8) is 0 Å². The Morgan fingerprint density at radius 2 is 1.92 bits per heavy atom. The molecule has 0 atom stereocenters. The first-order valence-corrected chi connectivity index (χ1v) is 8.43. The number of nitrogens with zero attached hydrogens (tertiary/aromatic N) is 4. The molecule has 130 valence electrons. The van der Waals surface area contributed by atoms with Crippen LogP contribution < -0.4 is 11.1 Å². The van der Waals surface area contributed by atoms with Crippen LogP contribution in [0, 0.1) is 0 Å². The number of aromatic amines is 1. The number of nitrogen functional groups attached to an aromatic ring is 1. The summed E-state index contributed by atoms with van der Waals surface area (Å²) in [4.78, 5) is 20.8. The van der Waals surface area contributed by atoms with Crippen LogP contribution >= 0.6 is 0 Å². The van der Waals surface area contributed by atoms with Crippen molar-refractivity contribution in [3.05, 3.63) is 48.5 Å². The van der Waals surface area contributed by atoms with Gasteiger partial charge in [-0.3, -0.25) is 0 Å². The van der Waals surface area contributed by atoms with Gasteiger partial charge in [-0.15, -0.1) is 0 Å². The van der Waals surface area contributed by atoms with Gasteiger partial charge >= 0.3 is 0 Å². The van der Waals surface area contributed by atoms with E-state index in [1.165, 1.54) is 0 Å². The van der Waals surface area contributed by atoms with Crippen LogP contribution in [-0.4, -0.2) is 32.0 Å². The van der Waals surface area contributed by atoms with Gasteiger partial charge in [0.1, 0.15) is 11.5 Å². The van der Waals surface area contributed by atoms with Crippen LogP contribution in [-0.2, 0) is 6.42 Å². The lowest BCUT2D eigenvalue weighted by atomic mass is 10.1. The van der Waals surface area contributed by atoms with Crippen LogP contribution in [0.1, 0.15) is 12.6 Å². The largest absolute Gasteiger partial charge is 0.373 e. The van der Waals surface area contributed by atoms with E-state index in [-0.39, 0.29) is 5.95 Å². The SMILES string of the molecule is CCc1cc(-c2c[nH]c3ncc(-c4ccc(NC)nc4)cc23)nc(N)n1. The van der Waals surface area contributed by atoms with Crippen LogP contribution in [0.25, 0.3) is 33.4 Å². The van der Waals surface area contributed by atoms with Gasteiger partial charge in [-0.25, -0.2) is 19.9 Å². The predicted molar refractivity (Wildman–Crippen MR) is 104 cm³/mol. The summed E-state index contributed by atoms with van der Waals surface area (Å²) in [5.74, 6) is 1.11. The van der Waals surface area contributed by atoms with Crippen LogP contribution in [0.5, 0.6) is 0 Å². The van der Waals surface area contributed by atoms with Gasteiger partial charge in [0, 0.05) is 53.4 Å². The van der Waals surface area contributed by atoms with Gasteiger partial charge in [-0.1, -0.05) is 6.92 Å². The van der Waals surface area contributed by atoms with E-state index in [9.17, 15) is 0 Å². The van der Waals surface area contributed by atoms with Crippen molar-refractivity contribution < 1.29 is 0 Å². The minimum Gasteiger partial charge on any atom is -0.373 e. The number of rotatable bonds is 4. The lowest BCUT2D eigenvalue weighted by molar-refractivity contribution is 1.01. The van der Waals surface area contributed by atoms with E-state index >= 15 is 0 Å². The van der Waals surface area contributed by atoms with E-state index in [1.807, 2.05) is 50.8 Å². The van der Waals surface area contributed by atoms with Crippen LogP contribution in [0.2, 0.25) is 0 Å². The van der Waals surface area contributed by atoms with Crippen LogP contribution in [0.4, 0.5) is 11.8 Å². The summed E-state index contributed by atoms with van der Waals surface area (Å²) in [5, 5.41) is 4.01. The Kier molecular flexibility index (Phi) is 3.96. The number of aromatic nitrogens is 5. The summed E-state index contributed by atoms with van der Waals surface area (Å²) in [6.07, 6.45) is 6.38. The minimum atomic E-state index is 0.282. The van der Waals surface area contributed by atoms with Crippen LogP contribution in [0.3, 0.4) is 0 Å². The maximum absolute atomic E-state index is 5.87. The topological polar surface area (TPSA) is 105 Å². The fraction of sp³-hybridized carbons (Fsp3) is 0.158. The molecule has 4 aromatic heterocycles. The number of H-pyrrole nitrogens is 1. The molecule has 4 aromatic rings. The number of anilines is 2. The molecule has 0 saturated heterocycles. The molecule has 4 rings (SSSR count). The molecule has 0 amide bonds. The number of fused-ring (bicyclic) bond motifs is 1. The number of hydrogen-bond acceptors (Lipinski definition) is 6. The second kappa shape index (κ2) is 6.44. The van der Waals surface area contributed by atoms with E-state index in [0.717, 1.165) is 51.4 Å². The molecule has 0 saturated carbocycles. The maximum atomic E-state index is 5.87. The molecule has 0 spiro atoms. The normalized spacial score (nSPS) is 11.0. The summed E-state index contributed by atoms with van der Waals surface area (Å²) < 4.78 is 0. The van der Waals surface area contributed by atoms with Gasteiger partial charge < -0.3 is 16.0 Å². The van der Waals surface area contributed by atoms with Gasteiger partial charge in [0.15, 0.2) is 0 Å². The maximum Gasteiger partial charge on any atom is 0.220 e. The standard InChI is InChI=1S/C19H19N7/c1-3-13-7-16(26-19(20)25-13)15-10-24-18-14(15)6-12(9-23-18)11-4-5-17(21-2)22-8-11/h4-10H,3H2,1-2H3,(H,21,22)(H,23,24)(H2,20,25,26). The molecular weight excluding hydrogens is 326 g/mol. The Bertz CT molecular complexity index is 1070. The molecule has 0 bridgehead atoms. The molecule has 0 aliphatic rings. The zero-order chi connectivity index (χ0) is 18.1. The lowest BCUT2D eigenvalue weighted by Crippen LogP contribution is -2.00. The molecular formula is C19H19N7. The molecule has 7 nitrogen and oxygen atoms in total. The van der Waals surface area contributed by atoms with Gasteiger partial charge in [0.25, 0.3) is 0 Å². The third kappa shape index (κ3) is 2.83. The summed E-state index contributed by atoms with van der Waals surface area (Å²) in [7, 11) is 1.85. The molecule has 0 aliphatic heterocycles. The zero-order valence-corrected chi connectivity index (χ0v) is 14.6. The quantitative estimate of drug-likeness (QED) is 0.524. The van der Waals surface area contributed by atoms with Crippen molar-refractivity contribution in [2.45, 2.75) is 13.3 Å². The highest BCUT2D eigenvalue weighted by Gasteiger charge is 2.12. The Balaban J connectivity index is 1.83. The van der Waals surface area contributed by atoms with E-state index in [1.54, 1.807) is 0 Å². The van der Waals surface area contributed by atoms with Gasteiger partial charge in [-0.2, -0.15) is 0 Å². The summed E-state index contributed by atoms with van der Waals surface area (Å²) >= 11 is 0.